The summed E-state index contributed by atoms with van der Waals surface area (Å²) >= 11 is 1.72. The summed E-state index contributed by atoms with van der Waals surface area (Å²) in [4.78, 5) is 6.15. The summed E-state index contributed by atoms with van der Waals surface area (Å²) < 4.78 is 5.18. The van der Waals surface area contributed by atoms with Crippen molar-refractivity contribution >= 4 is 16.9 Å². The Hall–Kier alpha value is -2.17. The predicted molar refractivity (Wildman–Crippen MR) is 116 cm³/mol. The van der Waals surface area contributed by atoms with Gasteiger partial charge in [0, 0.05) is 5.57 Å². The molecule has 0 saturated carbocycles. The van der Waals surface area contributed by atoms with Crippen LogP contribution in [0.2, 0.25) is 0 Å². The molecule has 1 aliphatic carbocycles. The fourth-order valence-corrected chi connectivity index (χ4v) is 4.80. The lowest BCUT2D eigenvalue weighted by Gasteiger charge is -2.20. The molecule has 0 amide bonds. The van der Waals surface area contributed by atoms with Crippen LogP contribution in [-0.4, -0.2) is 18.6 Å². The van der Waals surface area contributed by atoms with E-state index in [1.54, 1.807) is 18.4 Å². The van der Waals surface area contributed by atoms with Gasteiger partial charge < -0.3 is 10.5 Å². The first kappa shape index (κ1) is 19.6. The van der Waals surface area contributed by atoms with Gasteiger partial charge >= 0.3 is 0 Å². The molecule has 0 bridgehead atoms. The first-order valence-corrected chi connectivity index (χ1v) is 10.3. The third-order valence-electron chi connectivity index (χ3n) is 5.14. The molecule has 0 saturated heterocycles. The first-order valence-electron chi connectivity index (χ1n) is 9.51. The number of methoxy groups -OCH3 is 1. The van der Waals surface area contributed by atoms with Gasteiger partial charge in [0.15, 0.2) is 0 Å². The molecule has 142 valence electrons. The second-order valence-corrected chi connectivity index (χ2v) is 7.91. The minimum atomic E-state index is 0.453. The highest BCUT2D eigenvalue weighted by molar-refractivity contribution is 7.16. The fourth-order valence-electron chi connectivity index (χ4n) is 3.61. The van der Waals surface area contributed by atoms with E-state index in [-0.39, 0.29) is 0 Å². The van der Waals surface area contributed by atoms with Crippen LogP contribution in [0.15, 0.2) is 49.3 Å². The summed E-state index contributed by atoms with van der Waals surface area (Å²) in [5, 5.41) is 0.968. The van der Waals surface area contributed by atoms with E-state index in [0.29, 0.717) is 18.2 Å². The molecule has 3 rings (SSSR count). The monoisotopic (exact) mass is 380 g/mol. The number of nitrogens with zero attached hydrogens (tertiary/aromatic N) is 1. The van der Waals surface area contributed by atoms with Crippen LogP contribution in [0.1, 0.15) is 47.5 Å². The Balaban J connectivity index is 1.97. The van der Waals surface area contributed by atoms with Crippen molar-refractivity contribution < 1.29 is 4.74 Å². The molecule has 0 radical (unpaired) electrons. The molecule has 0 fully saturated rings. The normalized spacial score (nSPS) is 14.3. The van der Waals surface area contributed by atoms with E-state index in [9.17, 15) is 0 Å². The van der Waals surface area contributed by atoms with Gasteiger partial charge in [-0.25, -0.2) is 4.98 Å². The maximum atomic E-state index is 6.01. The molecular weight excluding hydrogens is 352 g/mol. The van der Waals surface area contributed by atoms with Gasteiger partial charge in [-0.05, 0) is 54.5 Å². The highest BCUT2D eigenvalue weighted by Crippen LogP contribution is 2.41. The summed E-state index contributed by atoms with van der Waals surface area (Å²) in [6, 6.07) is 6.87. The second-order valence-electron chi connectivity index (χ2n) is 6.91. The van der Waals surface area contributed by atoms with Crippen molar-refractivity contribution in [2.75, 3.05) is 13.7 Å². The average Bonchev–Trinajstić information content (AvgIpc) is 3.14. The number of thiazole rings is 1. The van der Waals surface area contributed by atoms with Crippen LogP contribution in [-0.2, 0) is 17.6 Å². The zero-order valence-corrected chi connectivity index (χ0v) is 17.1. The lowest BCUT2D eigenvalue weighted by Crippen LogP contribution is -2.13. The van der Waals surface area contributed by atoms with Gasteiger partial charge in [0.1, 0.15) is 10.8 Å². The van der Waals surface area contributed by atoms with Gasteiger partial charge in [-0.3, -0.25) is 0 Å². The summed E-state index contributed by atoms with van der Waals surface area (Å²) in [5.74, 6) is 1.06. The second kappa shape index (κ2) is 8.68. The molecule has 4 heteroatoms. The third kappa shape index (κ3) is 4.07. The van der Waals surface area contributed by atoms with E-state index in [2.05, 4.69) is 38.3 Å². The number of benzene rings is 1. The van der Waals surface area contributed by atoms with Crippen molar-refractivity contribution in [2.24, 2.45) is 5.73 Å². The molecule has 1 heterocycles. The summed E-state index contributed by atoms with van der Waals surface area (Å²) in [7, 11) is 1.62. The van der Waals surface area contributed by atoms with Crippen molar-refractivity contribution in [2.45, 2.75) is 38.5 Å². The molecule has 1 aromatic carbocycles. The Morgan fingerprint density at radius 3 is 2.89 bits per heavy atom. The van der Waals surface area contributed by atoms with E-state index < -0.39 is 0 Å². The maximum absolute atomic E-state index is 6.01. The number of allylic oxidation sites excluding steroid dienone is 3. The Labute approximate surface area is 166 Å². The van der Waals surface area contributed by atoms with Crippen molar-refractivity contribution in [1.82, 2.24) is 4.98 Å². The lowest BCUT2D eigenvalue weighted by atomic mass is 9.87. The molecule has 3 nitrogen and oxygen atoms in total. The van der Waals surface area contributed by atoms with Crippen molar-refractivity contribution in [3.63, 3.8) is 0 Å². The Morgan fingerprint density at radius 2 is 2.22 bits per heavy atom. The topological polar surface area (TPSA) is 48.1 Å². The minimum absolute atomic E-state index is 0.453. The van der Waals surface area contributed by atoms with Gasteiger partial charge in [-0.1, -0.05) is 50.8 Å². The molecule has 0 spiro atoms. The van der Waals surface area contributed by atoms with Gasteiger partial charge in [0.05, 0.1) is 17.7 Å². The Kier molecular flexibility index (Phi) is 6.30. The molecule has 1 aliphatic rings. The highest BCUT2D eigenvalue weighted by atomic mass is 32.1. The van der Waals surface area contributed by atoms with E-state index in [1.807, 2.05) is 12.2 Å². The van der Waals surface area contributed by atoms with E-state index in [4.69, 9.17) is 15.5 Å². The van der Waals surface area contributed by atoms with Gasteiger partial charge in [-0.15, -0.1) is 11.3 Å². The number of hydrogen-bond donors (Lipinski definition) is 1. The molecule has 2 aromatic rings. The quantitative estimate of drug-likeness (QED) is 0.487. The average molecular weight is 381 g/mol. The maximum Gasteiger partial charge on any atom is 0.124 e. The van der Waals surface area contributed by atoms with Gasteiger partial charge in [0.25, 0.3) is 0 Å². The van der Waals surface area contributed by atoms with Gasteiger partial charge in [0.2, 0.25) is 0 Å². The van der Waals surface area contributed by atoms with Crippen molar-refractivity contribution in [3.05, 3.63) is 71.1 Å². The number of rotatable bonds is 8. The molecule has 0 aliphatic heterocycles. The summed E-state index contributed by atoms with van der Waals surface area (Å²) in [6.07, 6.45) is 8.00. The first-order chi connectivity index (χ1) is 13.1. The summed E-state index contributed by atoms with van der Waals surface area (Å²) in [5.41, 5.74) is 12.2. The standard InChI is InChI=1S/C23H28N2OS/c1-5-7-19(14-24)17-8-10-20-18(13-17)9-11-21-22(20)27-23(25-21)16(6-2)12-15(3)26-4/h6,8,10,12-13,19H,2-3,5,7,9,11,14,24H2,1,4H3/b16-12+. The smallest absolute Gasteiger partial charge is 0.124 e. The SMILES string of the molecule is C=C/C(=C\C(=C)OC)c1nc2c(s1)-c1ccc(C(CN)CCC)cc1CC2. The zero-order valence-electron chi connectivity index (χ0n) is 16.3. The Bertz CT molecular complexity index is 878. The number of aryl methyl sites for hydroxylation is 2. The number of hydrogen-bond acceptors (Lipinski definition) is 4. The molecular formula is C23H28N2OS. The zero-order chi connectivity index (χ0) is 19.4. The van der Waals surface area contributed by atoms with Crippen molar-refractivity contribution in [3.8, 4) is 10.4 Å². The van der Waals surface area contributed by atoms with Crippen LogP contribution in [0, 0.1) is 0 Å². The molecule has 1 atom stereocenters. The van der Waals surface area contributed by atoms with Crippen LogP contribution in [0.25, 0.3) is 16.0 Å². The molecule has 1 aromatic heterocycles. The van der Waals surface area contributed by atoms with E-state index in [0.717, 1.165) is 36.3 Å². The van der Waals surface area contributed by atoms with E-state index >= 15 is 0 Å². The van der Waals surface area contributed by atoms with Gasteiger partial charge in [-0.2, -0.15) is 0 Å². The van der Waals surface area contributed by atoms with Crippen LogP contribution in [0.4, 0.5) is 0 Å². The van der Waals surface area contributed by atoms with E-state index in [1.165, 1.54) is 27.3 Å². The van der Waals surface area contributed by atoms with Crippen molar-refractivity contribution in [1.29, 1.82) is 0 Å². The van der Waals surface area contributed by atoms with Crippen LogP contribution in [0.5, 0.6) is 0 Å². The van der Waals surface area contributed by atoms with Crippen LogP contribution >= 0.6 is 11.3 Å². The number of ether oxygens (including phenoxy) is 1. The van der Waals surface area contributed by atoms with Crippen LogP contribution in [0.3, 0.4) is 0 Å². The fraction of sp³-hybridized carbons (Fsp3) is 0.348. The van der Waals surface area contributed by atoms with Crippen LogP contribution < -0.4 is 5.73 Å². The largest absolute Gasteiger partial charge is 0.497 e. The lowest BCUT2D eigenvalue weighted by molar-refractivity contribution is 0.309. The number of nitrogens with two attached hydrogens (primary N) is 1. The molecule has 2 N–H and O–H groups in total. The minimum Gasteiger partial charge on any atom is -0.497 e. The molecule has 27 heavy (non-hydrogen) atoms. The number of aromatic nitrogens is 1. The summed E-state index contributed by atoms with van der Waals surface area (Å²) in [6.45, 7) is 10.7. The number of fused-ring (bicyclic) bond motifs is 3. The highest BCUT2D eigenvalue weighted by Gasteiger charge is 2.22. The molecule has 1 unspecified atom stereocenters. The third-order valence-corrected chi connectivity index (χ3v) is 6.32. The predicted octanol–water partition coefficient (Wildman–Crippen LogP) is 5.48. The Morgan fingerprint density at radius 1 is 1.41 bits per heavy atom.